The van der Waals surface area contributed by atoms with Gasteiger partial charge in [0, 0.05) is 12.3 Å². The van der Waals surface area contributed by atoms with Gasteiger partial charge in [-0.2, -0.15) is 26.3 Å². The molecule has 2 bridgehead atoms. The molecule has 0 spiro atoms. The quantitative estimate of drug-likeness (QED) is 0.635. The molecule has 2 aromatic carbocycles. The van der Waals surface area contributed by atoms with Crippen LogP contribution in [0.2, 0.25) is 0 Å². The SMILES string of the molecule is COc1ccc(C(F)(F)F)cc1NC(=O)C1C2CC(O)C(O2)C1c1cccc(C(F)(F)F)c1. The van der Waals surface area contributed by atoms with Gasteiger partial charge in [0.2, 0.25) is 5.91 Å². The summed E-state index contributed by atoms with van der Waals surface area (Å²) in [4.78, 5) is 13.2. The summed E-state index contributed by atoms with van der Waals surface area (Å²) in [5.41, 5.74) is -2.01. The van der Waals surface area contributed by atoms with E-state index in [-0.39, 0.29) is 23.4 Å². The van der Waals surface area contributed by atoms with Crippen molar-refractivity contribution in [3.05, 3.63) is 59.2 Å². The van der Waals surface area contributed by atoms with E-state index < -0.39 is 59.5 Å². The van der Waals surface area contributed by atoms with Gasteiger partial charge in [-0.15, -0.1) is 0 Å². The molecule has 33 heavy (non-hydrogen) atoms. The van der Waals surface area contributed by atoms with Crippen LogP contribution in [0.3, 0.4) is 0 Å². The minimum Gasteiger partial charge on any atom is -0.495 e. The minimum atomic E-state index is -4.66. The van der Waals surface area contributed by atoms with E-state index in [4.69, 9.17) is 9.47 Å². The van der Waals surface area contributed by atoms with E-state index in [1.807, 2.05) is 0 Å². The first-order valence-electron chi connectivity index (χ1n) is 9.97. The van der Waals surface area contributed by atoms with E-state index in [2.05, 4.69) is 5.32 Å². The van der Waals surface area contributed by atoms with E-state index in [9.17, 15) is 36.2 Å². The number of anilines is 1. The van der Waals surface area contributed by atoms with Crippen molar-refractivity contribution in [2.75, 3.05) is 12.4 Å². The molecule has 0 aromatic heterocycles. The predicted molar refractivity (Wildman–Crippen MR) is 104 cm³/mol. The van der Waals surface area contributed by atoms with Crippen molar-refractivity contribution in [1.82, 2.24) is 0 Å². The number of methoxy groups -OCH3 is 1. The number of carbonyl (C=O) groups excluding carboxylic acids is 1. The van der Waals surface area contributed by atoms with Gasteiger partial charge in [0.25, 0.3) is 0 Å². The number of benzene rings is 2. The lowest BCUT2D eigenvalue weighted by atomic mass is 9.73. The Bertz CT molecular complexity index is 1050. The van der Waals surface area contributed by atoms with Crippen molar-refractivity contribution >= 4 is 11.6 Å². The number of nitrogens with one attached hydrogen (secondary N) is 1. The number of aliphatic hydroxyl groups is 1. The first-order valence-corrected chi connectivity index (χ1v) is 9.97. The van der Waals surface area contributed by atoms with Crippen LogP contribution in [0.25, 0.3) is 0 Å². The van der Waals surface area contributed by atoms with Gasteiger partial charge < -0.3 is 19.9 Å². The molecule has 0 radical (unpaired) electrons. The summed E-state index contributed by atoms with van der Waals surface area (Å²) < 4.78 is 89.8. The van der Waals surface area contributed by atoms with Crippen molar-refractivity contribution in [3.63, 3.8) is 0 Å². The molecule has 0 aliphatic carbocycles. The summed E-state index contributed by atoms with van der Waals surface area (Å²) in [5.74, 6) is -2.70. The van der Waals surface area contributed by atoms with Crippen LogP contribution in [0.15, 0.2) is 42.5 Å². The molecule has 11 heteroatoms. The Labute approximate surface area is 184 Å². The van der Waals surface area contributed by atoms with E-state index in [1.54, 1.807) is 0 Å². The van der Waals surface area contributed by atoms with Gasteiger partial charge in [-0.3, -0.25) is 4.79 Å². The van der Waals surface area contributed by atoms with Crippen molar-refractivity contribution in [1.29, 1.82) is 0 Å². The summed E-state index contributed by atoms with van der Waals surface area (Å²) in [6.45, 7) is 0. The van der Waals surface area contributed by atoms with Crippen LogP contribution in [-0.4, -0.2) is 36.4 Å². The highest BCUT2D eigenvalue weighted by Gasteiger charge is 2.57. The monoisotopic (exact) mass is 475 g/mol. The lowest BCUT2D eigenvalue weighted by Gasteiger charge is -2.30. The number of halogens is 6. The van der Waals surface area contributed by atoms with Gasteiger partial charge in [0.05, 0.1) is 48.2 Å². The van der Waals surface area contributed by atoms with Crippen molar-refractivity contribution in [2.24, 2.45) is 5.92 Å². The number of amides is 1. The fraction of sp³-hybridized carbons (Fsp3) is 0.409. The zero-order chi connectivity index (χ0) is 24.1. The van der Waals surface area contributed by atoms with E-state index in [1.165, 1.54) is 19.2 Å². The average Bonchev–Trinajstić information content (AvgIpc) is 3.29. The largest absolute Gasteiger partial charge is 0.495 e. The standard InChI is InChI=1S/C22H19F6NO4/c1-32-15-6-5-12(22(26,27)28)8-13(15)29-20(31)18-16-9-14(30)19(33-16)17(18)10-3-2-4-11(7-10)21(23,24)25/h2-8,14,16-19,30H,9H2,1H3,(H,29,31). The molecule has 2 fully saturated rings. The highest BCUT2D eigenvalue weighted by molar-refractivity contribution is 5.95. The topological polar surface area (TPSA) is 67.8 Å². The zero-order valence-corrected chi connectivity index (χ0v) is 17.1. The Kier molecular flexibility index (Phi) is 5.81. The highest BCUT2D eigenvalue weighted by atomic mass is 19.4. The Morgan fingerprint density at radius 1 is 1.06 bits per heavy atom. The molecule has 5 unspecified atom stereocenters. The molecule has 5 nitrogen and oxygen atoms in total. The molecule has 178 valence electrons. The number of hydrogen-bond donors (Lipinski definition) is 2. The normalized spacial score (nSPS) is 27.0. The fourth-order valence-corrected chi connectivity index (χ4v) is 4.56. The number of hydrogen-bond acceptors (Lipinski definition) is 4. The summed E-state index contributed by atoms with van der Waals surface area (Å²) >= 11 is 0. The number of carbonyl (C=O) groups is 1. The number of rotatable bonds is 4. The Hall–Kier alpha value is -2.79. The molecule has 4 rings (SSSR count). The maximum atomic E-state index is 13.2. The first kappa shape index (κ1) is 23.4. The Morgan fingerprint density at radius 2 is 1.73 bits per heavy atom. The molecule has 2 heterocycles. The molecular formula is C22H19F6NO4. The van der Waals surface area contributed by atoms with E-state index >= 15 is 0 Å². The minimum absolute atomic E-state index is 0.0175. The summed E-state index contributed by atoms with van der Waals surface area (Å²) in [7, 11) is 1.22. The second-order valence-corrected chi connectivity index (χ2v) is 8.02. The molecule has 5 atom stereocenters. The van der Waals surface area contributed by atoms with Gasteiger partial charge in [-0.1, -0.05) is 18.2 Å². The lowest BCUT2D eigenvalue weighted by Crippen LogP contribution is -2.41. The van der Waals surface area contributed by atoms with Crippen molar-refractivity contribution < 1.29 is 45.7 Å². The summed E-state index contributed by atoms with van der Waals surface area (Å²) in [6, 6.07) is 6.96. The predicted octanol–water partition coefficient (Wildman–Crippen LogP) is 4.60. The molecule has 2 aliphatic rings. The third kappa shape index (κ3) is 4.39. The van der Waals surface area contributed by atoms with Crippen LogP contribution in [0.1, 0.15) is 29.0 Å². The number of ether oxygens (including phenoxy) is 2. The summed E-state index contributed by atoms with van der Waals surface area (Å²) in [5, 5.41) is 12.7. The van der Waals surface area contributed by atoms with Crippen LogP contribution in [0, 0.1) is 5.92 Å². The smallest absolute Gasteiger partial charge is 0.416 e. The second-order valence-electron chi connectivity index (χ2n) is 8.02. The van der Waals surface area contributed by atoms with Gasteiger partial charge in [0.1, 0.15) is 5.75 Å². The molecule has 2 N–H and O–H groups in total. The molecule has 2 saturated heterocycles. The van der Waals surface area contributed by atoms with Crippen LogP contribution in [0.4, 0.5) is 32.0 Å². The maximum absolute atomic E-state index is 13.2. The zero-order valence-electron chi connectivity index (χ0n) is 17.1. The van der Waals surface area contributed by atoms with Gasteiger partial charge in [-0.05, 0) is 29.8 Å². The third-order valence-electron chi connectivity index (χ3n) is 6.01. The maximum Gasteiger partial charge on any atom is 0.416 e. The van der Waals surface area contributed by atoms with E-state index in [0.29, 0.717) is 0 Å². The molecule has 2 aliphatic heterocycles. The molecule has 1 amide bonds. The highest BCUT2D eigenvalue weighted by Crippen LogP contribution is 2.50. The van der Waals surface area contributed by atoms with Crippen molar-refractivity contribution in [2.45, 2.75) is 43.0 Å². The van der Waals surface area contributed by atoms with Crippen LogP contribution in [-0.2, 0) is 21.9 Å². The lowest BCUT2D eigenvalue weighted by molar-refractivity contribution is -0.138. The van der Waals surface area contributed by atoms with Crippen LogP contribution in [0.5, 0.6) is 5.75 Å². The van der Waals surface area contributed by atoms with Crippen LogP contribution < -0.4 is 10.1 Å². The Morgan fingerprint density at radius 3 is 2.36 bits per heavy atom. The number of alkyl halides is 6. The Balaban J connectivity index is 1.67. The fourth-order valence-electron chi connectivity index (χ4n) is 4.56. The van der Waals surface area contributed by atoms with Gasteiger partial charge >= 0.3 is 12.4 Å². The van der Waals surface area contributed by atoms with Crippen LogP contribution >= 0.6 is 0 Å². The molecular weight excluding hydrogens is 456 g/mol. The van der Waals surface area contributed by atoms with E-state index in [0.717, 1.165) is 30.3 Å². The molecule has 2 aromatic rings. The summed E-state index contributed by atoms with van der Waals surface area (Å²) in [6.07, 6.45) is -11.9. The first-order chi connectivity index (χ1) is 15.4. The van der Waals surface area contributed by atoms with Crippen molar-refractivity contribution in [3.8, 4) is 5.75 Å². The number of fused-ring (bicyclic) bond motifs is 2. The molecule has 0 saturated carbocycles. The average molecular weight is 475 g/mol. The number of aliphatic hydroxyl groups excluding tert-OH is 1. The van der Waals surface area contributed by atoms with Gasteiger partial charge in [0.15, 0.2) is 0 Å². The van der Waals surface area contributed by atoms with Gasteiger partial charge in [-0.25, -0.2) is 0 Å². The second kappa shape index (κ2) is 8.21. The third-order valence-corrected chi connectivity index (χ3v) is 6.01.